The third-order valence-electron chi connectivity index (χ3n) is 7.41. The zero-order valence-electron chi connectivity index (χ0n) is 21.5. The molecule has 0 radical (unpaired) electrons. The van der Waals surface area contributed by atoms with Gasteiger partial charge in [0.05, 0.1) is 13.2 Å². The Kier molecular flexibility index (Phi) is 7.94. The van der Waals surface area contributed by atoms with E-state index in [9.17, 15) is 14.7 Å². The highest BCUT2D eigenvalue weighted by Gasteiger charge is 2.41. The molecule has 7 heteroatoms. The number of rotatable bonds is 9. The van der Waals surface area contributed by atoms with E-state index in [-0.39, 0.29) is 25.0 Å². The zero-order chi connectivity index (χ0) is 26.5. The minimum atomic E-state index is -1.06. The van der Waals surface area contributed by atoms with Crippen molar-refractivity contribution in [1.29, 1.82) is 0 Å². The molecule has 0 saturated heterocycles. The lowest BCUT2D eigenvalue weighted by Crippen LogP contribution is -2.50. The van der Waals surface area contributed by atoms with Crippen LogP contribution in [0.1, 0.15) is 54.0 Å². The maximum Gasteiger partial charge on any atom is 0.326 e. The summed E-state index contributed by atoms with van der Waals surface area (Å²) >= 11 is 0. The molecule has 5 rings (SSSR count). The van der Waals surface area contributed by atoms with E-state index in [1.807, 2.05) is 72.8 Å². The largest absolute Gasteiger partial charge is 0.493 e. The number of amides is 1. The topological polar surface area (TPSA) is 85.3 Å². The lowest BCUT2D eigenvalue weighted by Gasteiger charge is -2.37. The van der Waals surface area contributed by atoms with Crippen molar-refractivity contribution >= 4 is 11.9 Å². The van der Waals surface area contributed by atoms with Crippen molar-refractivity contribution in [1.82, 2.24) is 4.90 Å². The smallest absolute Gasteiger partial charge is 0.326 e. The molecule has 0 aromatic heterocycles. The van der Waals surface area contributed by atoms with Gasteiger partial charge in [0.25, 0.3) is 5.91 Å². The number of ether oxygens (including phenoxy) is 3. The van der Waals surface area contributed by atoms with Crippen LogP contribution in [-0.4, -0.2) is 41.1 Å². The van der Waals surface area contributed by atoms with Crippen LogP contribution in [0.3, 0.4) is 0 Å². The van der Waals surface area contributed by atoms with Gasteiger partial charge in [0.2, 0.25) is 0 Å². The molecule has 0 spiro atoms. The third kappa shape index (κ3) is 5.53. The van der Waals surface area contributed by atoms with Crippen LogP contribution in [0.15, 0.2) is 72.8 Å². The van der Waals surface area contributed by atoms with Crippen molar-refractivity contribution in [3.63, 3.8) is 0 Å². The summed E-state index contributed by atoms with van der Waals surface area (Å²) in [4.78, 5) is 28.0. The SMILES string of the molecule is COc1ccc2c(c1OCc1ccccc1)C[C@H](C(=O)O)N(C(=O)[C@H](OC1CCCC1)c1ccccc1)C2. The Morgan fingerprint density at radius 3 is 2.32 bits per heavy atom. The van der Waals surface area contributed by atoms with E-state index in [2.05, 4.69) is 0 Å². The Balaban J connectivity index is 1.46. The predicted octanol–water partition coefficient (Wildman–Crippen LogP) is 5.31. The first-order valence-corrected chi connectivity index (χ1v) is 13.1. The standard InChI is InChI=1S/C31H33NO6/c1-36-27-17-16-23-19-32(30(33)28(22-12-6-3-7-13-22)38-24-14-8-9-15-24)26(31(34)35)18-25(23)29(27)37-20-21-10-4-2-5-11-21/h2-7,10-13,16-17,24,26,28H,8-9,14-15,18-20H2,1H3,(H,34,35)/t26-,28-/m1/s1. The molecule has 1 N–H and O–H groups in total. The van der Waals surface area contributed by atoms with Gasteiger partial charge in [-0.3, -0.25) is 4.79 Å². The number of methoxy groups -OCH3 is 1. The van der Waals surface area contributed by atoms with Crippen LogP contribution < -0.4 is 9.47 Å². The van der Waals surface area contributed by atoms with Gasteiger partial charge in [-0.05, 0) is 35.6 Å². The summed E-state index contributed by atoms with van der Waals surface area (Å²) in [7, 11) is 1.56. The second-order valence-electron chi connectivity index (χ2n) is 9.87. The van der Waals surface area contributed by atoms with Gasteiger partial charge in [-0.25, -0.2) is 4.79 Å². The molecule has 3 aromatic rings. The first-order valence-electron chi connectivity index (χ1n) is 13.1. The maximum absolute atomic E-state index is 14.0. The second kappa shape index (κ2) is 11.7. The van der Waals surface area contributed by atoms with Gasteiger partial charge in [-0.1, -0.05) is 79.6 Å². The Morgan fingerprint density at radius 1 is 0.974 bits per heavy atom. The predicted molar refractivity (Wildman–Crippen MR) is 142 cm³/mol. The van der Waals surface area contributed by atoms with Crippen LogP contribution in [0.2, 0.25) is 0 Å². The van der Waals surface area contributed by atoms with E-state index in [1.54, 1.807) is 7.11 Å². The molecular weight excluding hydrogens is 482 g/mol. The number of carboxylic acids is 1. The third-order valence-corrected chi connectivity index (χ3v) is 7.41. The number of carbonyl (C=O) groups excluding carboxylic acids is 1. The number of fused-ring (bicyclic) bond motifs is 1. The molecule has 3 aromatic carbocycles. The highest BCUT2D eigenvalue weighted by atomic mass is 16.5. The fourth-order valence-corrected chi connectivity index (χ4v) is 5.39. The van der Waals surface area contributed by atoms with Gasteiger partial charge in [-0.15, -0.1) is 0 Å². The highest BCUT2D eigenvalue weighted by Crippen LogP contribution is 2.40. The number of aliphatic carboxylic acids is 1. The van der Waals surface area contributed by atoms with Crippen LogP contribution in [0.4, 0.5) is 0 Å². The molecule has 1 amide bonds. The summed E-state index contributed by atoms with van der Waals surface area (Å²) in [6, 6.07) is 21.8. The van der Waals surface area contributed by atoms with Gasteiger partial charge < -0.3 is 24.2 Å². The van der Waals surface area contributed by atoms with Gasteiger partial charge in [0.1, 0.15) is 12.6 Å². The number of carboxylic acid groups (broad SMARTS) is 1. The van der Waals surface area contributed by atoms with Crippen LogP contribution in [0.25, 0.3) is 0 Å². The molecule has 2 aliphatic rings. The molecule has 1 aliphatic heterocycles. The van der Waals surface area contributed by atoms with Crippen molar-refractivity contribution in [3.05, 3.63) is 95.1 Å². The summed E-state index contributed by atoms with van der Waals surface area (Å²) < 4.78 is 18.1. The normalized spacial score (nSPS) is 18.0. The average Bonchev–Trinajstić information content (AvgIpc) is 3.48. The zero-order valence-corrected chi connectivity index (χ0v) is 21.5. The molecule has 1 saturated carbocycles. The summed E-state index contributed by atoms with van der Waals surface area (Å²) in [6.45, 7) is 0.466. The van der Waals surface area contributed by atoms with Crippen LogP contribution in [-0.2, 0) is 33.9 Å². The fourth-order valence-electron chi connectivity index (χ4n) is 5.39. The van der Waals surface area contributed by atoms with Gasteiger partial charge in [0, 0.05) is 18.5 Å². The van der Waals surface area contributed by atoms with Crippen molar-refractivity contribution in [2.45, 2.75) is 63.5 Å². The quantitative estimate of drug-likeness (QED) is 0.416. The molecule has 0 unspecified atom stereocenters. The minimum absolute atomic E-state index is 0.00763. The number of benzene rings is 3. The van der Waals surface area contributed by atoms with Gasteiger partial charge in [0.15, 0.2) is 17.6 Å². The molecule has 38 heavy (non-hydrogen) atoms. The number of hydrogen-bond acceptors (Lipinski definition) is 5. The molecule has 0 bridgehead atoms. The van der Waals surface area contributed by atoms with Crippen LogP contribution >= 0.6 is 0 Å². The summed E-state index contributed by atoms with van der Waals surface area (Å²) in [6.07, 6.45) is 3.21. The Labute approximate surface area is 222 Å². The van der Waals surface area contributed by atoms with E-state index in [1.165, 1.54) is 4.90 Å². The van der Waals surface area contributed by atoms with E-state index in [4.69, 9.17) is 14.2 Å². The first kappa shape index (κ1) is 25.8. The monoisotopic (exact) mass is 515 g/mol. The minimum Gasteiger partial charge on any atom is -0.493 e. The average molecular weight is 516 g/mol. The number of nitrogens with zero attached hydrogens (tertiary/aromatic N) is 1. The second-order valence-corrected chi connectivity index (χ2v) is 9.87. The molecule has 1 aliphatic carbocycles. The molecule has 1 heterocycles. The molecular formula is C31H33NO6. The first-order chi connectivity index (χ1) is 18.5. The van der Waals surface area contributed by atoms with E-state index in [0.717, 1.165) is 47.9 Å². The summed E-state index contributed by atoms with van der Waals surface area (Å²) in [5.74, 6) is -0.332. The Morgan fingerprint density at radius 2 is 1.66 bits per heavy atom. The van der Waals surface area contributed by atoms with Gasteiger partial charge >= 0.3 is 5.97 Å². The molecule has 7 nitrogen and oxygen atoms in total. The van der Waals surface area contributed by atoms with E-state index in [0.29, 0.717) is 18.1 Å². The fraction of sp³-hybridized carbons (Fsp3) is 0.355. The van der Waals surface area contributed by atoms with Crippen LogP contribution in [0.5, 0.6) is 11.5 Å². The van der Waals surface area contributed by atoms with Crippen molar-refractivity contribution in [2.24, 2.45) is 0 Å². The van der Waals surface area contributed by atoms with E-state index >= 15 is 0 Å². The molecule has 2 atom stereocenters. The van der Waals surface area contributed by atoms with Crippen molar-refractivity contribution < 1.29 is 28.9 Å². The van der Waals surface area contributed by atoms with E-state index < -0.39 is 18.1 Å². The molecule has 1 fully saturated rings. The Hall–Kier alpha value is -3.84. The van der Waals surface area contributed by atoms with Crippen molar-refractivity contribution in [2.75, 3.05) is 7.11 Å². The maximum atomic E-state index is 14.0. The lowest BCUT2D eigenvalue weighted by atomic mass is 9.91. The summed E-state index contributed by atoms with van der Waals surface area (Å²) in [5.41, 5.74) is 3.32. The number of carbonyl (C=O) groups is 2. The number of hydrogen-bond donors (Lipinski definition) is 1. The lowest BCUT2D eigenvalue weighted by molar-refractivity contribution is -0.160. The summed E-state index contributed by atoms with van der Waals surface area (Å²) in [5, 5.41) is 10.2. The highest BCUT2D eigenvalue weighted by molar-refractivity contribution is 5.88. The van der Waals surface area contributed by atoms with Crippen LogP contribution in [0, 0.1) is 0 Å². The van der Waals surface area contributed by atoms with Crippen molar-refractivity contribution in [3.8, 4) is 11.5 Å². The molecule has 198 valence electrons. The Bertz CT molecular complexity index is 1260. The van der Waals surface area contributed by atoms with Gasteiger partial charge in [-0.2, -0.15) is 0 Å².